The zero-order chi connectivity index (χ0) is 26.4. The highest BCUT2D eigenvalue weighted by molar-refractivity contribution is 8.00. The summed E-state index contributed by atoms with van der Waals surface area (Å²) in [6, 6.07) is -0.622. The van der Waals surface area contributed by atoms with Gasteiger partial charge in [-0.2, -0.15) is 8.62 Å². The molecular weight excluding hydrogens is 557 g/mol. The van der Waals surface area contributed by atoms with Crippen LogP contribution in [-0.4, -0.2) is 83.0 Å². The summed E-state index contributed by atoms with van der Waals surface area (Å²) >= 11 is 1.52. The predicted molar refractivity (Wildman–Crippen MR) is 120 cm³/mol. The number of phosphoric acid groups is 3. The van der Waals surface area contributed by atoms with Crippen molar-refractivity contribution in [2.45, 2.75) is 62.5 Å². The molecule has 7 atom stereocenters. The first kappa shape index (κ1) is 30.9. The van der Waals surface area contributed by atoms with Crippen LogP contribution >= 0.6 is 35.2 Å². The fraction of sp³-hybridized carbons (Fsp3) is 0.800. The number of ether oxygens (including phenoxy) is 1. The molecule has 0 radical (unpaired) electrons. The highest BCUT2D eigenvalue weighted by atomic mass is 32.2. The van der Waals surface area contributed by atoms with Crippen molar-refractivity contribution in [2.24, 2.45) is 0 Å². The normalized spacial score (nSPS) is 30.7. The van der Waals surface area contributed by atoms with E-state index < -0.39 is 60.6 Å². The molecule has 0 bridgehead atoms. The van der Waals surface area contributed by atoms with Crippen molar-refractivity contribution in [3.05, 3.63) is 12.3 Å². The second-order valence-corrected chi connectivity index (χ2v) is 13.2. The molecule has 204 valence electrons. The highest BCUT2D eigenvalue weighted by Crippen LogP contribution is 2.66. The number of aliphatic hydroxyl groups is 2. The molecule has 2 amide bonds. The second-order valence-electron chi connectivity index (χ2n) is 7.48. The summed E-state index contributed by atoms with van der Waals surface area (Å²) in [6.45, 7) is 1.13. The first-order chi connectivity index (χ1) is 16.1. The average Bonchev–Trinajstić information content (AvgIpc) is 2.98. The van der Waals surface area contributed by atoms with E-state index in [1.807, 2.05) is 0 Å². The Kier molecular flexibility index (Phi) is 11.4. The lowest BCUT2D eigenvalue weighted by Crippen LogP contribution is -2.52. The van der Waals surface area contributed by atoms with Gasteiger partial charge in [0.05, 0.1) is 12.0 Å². The Hall–Kier alpha value is -0.350. The first-order valence-electron chi connectivity index (χ1n) is 10.3. The van der Waals surface area contributed by atoms with Crippen LogP contribution in [0.3, 0.4) is 0 Å². The fourth-order valence-electron chi connectivity index (χ4n) is 3.09. The number of hydrogen-bond acceptors (Lipinski definition) is 11. The number of carbonyl (C=O) groups excluding carboxylic acids is 1. The molecular formula is C15H29N2O14P3S. The summed E-state index contributed by atoms with van der Waals surface area (Å²) in [5.41, 5.74) is 0. The van der Waals surface area contributed by atoms with Gasteiger partial charge in [0.15, 0.2) is 6.23 Å². The lowest BCUT2D eigenvalue weighted by molar-refractivity contribution is -0.0650. The van der Waals surface area contributed by atoms with Crippen LogP contribution in [0.1, 0.15) is 32.6 Å². The number of thioether (sulfide) groups is 1. The SMILES string of the molecule is CCCCCCSC1C=CN([C@@H]2O[C@H](COP(=O)(O)OP(=O)(O)OP(=O)(O)O)C(O)[C@@H]2O)C(=O)N1. The van der Waals surface area contributed by atoms with Gasteiger partial charge in [0.1, 0.15) is 18.3 Å². The number of hydrogen-bond donors (Lipinski definition) is 7. The van der Waals surface area contributed by atoms with Crippen molar-refractivity contribution in [1.82, 2.24) is 10.2 Å². The van der Waals surface area contributed by atoms with E-state index in [-0.39, 0.29) is 5.37 Å². The molecule has 0 aromatic rings. The summed E-state index contributed by atoms with van der Waals surface area (Å²) in [4.78, 5) is 49.2. The number of unbranched alkanes of at least 4 members (excludes halogenated alkanes) is 3. The molecule has 0 aliphatic carbocycles. The maximum absolute atomic E-state index is 12.5. The largest absolute Gasteiger partial charge is 0.490 e. The van der Waals surface area contributed by atoms with E-state index in [2.05, 4.69) is 25.4 Å². The number of carbonyl (C=O) groups is 1. The van der Waals surface area contributed by atoms with Gasteiger partial charge in [-0.05, 0) is 18.2 Å². The minimum Gasteiger partial charge on any atom is -0.387 e. The maximum Gasteiger partial charge on any atom is 0.490 e. The van der Waals surface area contributed by atoms with Gasteiger partial charge < -0.3 is 39.8 Å². The smallest absolute Gasteiger partial charge is 0.387 e. The fourth-order valence-corrected chi connectivity index (χ4v) is 7.11. The molecule has 2 aliphatic heterocycles. The molecule has 0 saturated carbocycles. The number of nitrogens with one attached hydrogen (secondary N) is 1. The van der Waals surface area contributed by atoms with E-state index in [4.69, 9.17) is 19.4 Å². The van der Waals surface area contributed by atoms with Gasteiger partial charge in [-0.1, -0.05) is 26.2 Å². The minimum atomic E-state index is -5.71. The molecule has 2 rings (SSSR count). The molecule has 0 spiro atoms. The number of rotatable bonds is 14. The van der Waals surface area contributed by atoms with Gasteiger partial charge in [0, 0.05) is 6.20 Å². The van der Waals surface area contributed by atoms with E-state index >= 15 is 0 Å². The molecule has 16 nitrogen and oxygen atoms in total. The van der Waals surface area contributed by atoms with Crippen molar-refractivity contribution >= 4 is 41.3 Å². The molecule has 1 fully saturated rings. The van der Waals surface area contributed by atoms with Crippen LogP contribution < -0.4 is 5.32 Å². The summed E-state index contributed by atoms with van der Waals surface area (Å²) in [6.07, 6.45) is 1.09. The quantitative estimate of drug-likeness (QED) is 0.111. The summed E-state index contributed by atoms with van der Waals surface area (Å²) in [5, 5.41) is 22.9. The van der Waals surface area contributed by atoms with Crippen molar-refractivity contribution in [2.75, 3.05) is 12.4 Å². The van der Waals surface area contributed by atoms with Gasteiger partial charge in [0.25, 0.3) is 0 Å². The average molecular weight is 586 g/mol. The monoisotopic (exact) mass is 586 g/mol. The number of nitrogens with zero attached hydrogens (tertiary/aromatic N) is 1. The van der Waals surface area contributed by atoms with Crippen LogP contribution in [0.4, 0.5) is 4.79 Å². The zero-order valence-electron chi connectivity index (χ0n) is 18.4. The summed E-state index contributed by atoms with van der Waals surface area (Å²) in [5.74, 6) is 0.833. The Morgan fingerprint density at radius 1 is 1.06 bits per heavy atom. The van der Waals surface area contributed by atoms with Crippen molar-refractivity contribution in [1.29, 1.82) is 0 Å². The Morgan fingerprint density at radius 3 is 2.34 bits per heavy atom. The van der Waals surface area contributed by atoms with Crippen LogP contribution in [0.5, 0.6) is 0 Å². The molecule has 4 unspecified atom stereocenters. The van der Waals surface area contributed by atoms with E-state index in [0.717, 1.165) is 36.3 Å². The molecule has 7 N–H and O–H groups in total. The van der Waals surface area contributed by atoms with Crippen molar-refractivity contribution in [3.63, 3.8) is 0 Å². The molecule has 20 heteroatoms. The minimum absolute atomic E-state index is 0.301. The third-order valence-corrected chi connectivity index (χ3v) is 9.61. The number of phosphoric ester groups is 1. The molecule has 35 heavy (non-hydrogen) atoms. The summed E-state index contributed by atoms with van der Waals surface area (Å²) < 4.78 is 50.8. The number of urea groups is 1. The maximum atomic E-state index is 12.5. The van der Waals surface area contributed by atoms with Crippen LogP contribution in [0.15, 0.2) is 12.3 Å². The first-order valence-corrected chi connectivity index (χ1v) is 15.9. The van der Waals surface area contributed by atoms with E-state index in [1.54, 1.807) is 6.08 Å². The second kappa shape index (κ2) is 12.9. The lowest BCUT2D eigenvalue weighted by atomic mass is 10.1. The van der Waals surface area contributed by atoms with Crippen LogP contribution in [-0.2, 0) is 31.6 Å². The zero-order valence-corrected chi connectivity index (χ0v) is 21.9. The molecule has 0 aromatic heterocycles. The van der Waals surface area contributed by atoms with E-state index in [1.165, 1.54) is 18.0 Å². The van der Waals surface area contributed by atoms with Crippen molar-refractivity contribution in [3.8, 4) is 0 Å². The van der Waals surface area contributed by atoms with Crippen LogP contribution in [0.25, 0.3) is 0 Å². The Balaban J connectivity index is 1.91. The summed E-state index contributed by atoms with van der Waals surface area (Å²) in [7, 11) is -16.7. The molecule has 2 aliphatic rings. The Labute approximate surface area is 205 Å². The lowest BCUT2D eigenvalue weighted by Gasteiger charge is -2.32. The number of aliphatic hydroxyl groups excluding tert-OH is 2. The molecule has 1 saturated heterocycles. The van der Waals surface area contributed by atoms with Gasteiger partial charge in [-0.15, -0.1) is 11.8 Å². The van der Waals surface area contributed by atoms with Crippen molar-refractivity contribution < 1.29 is 66.2 Å². The Morgan fingerprint density at radius 2 is 1.74 bits per heavy atom. The highest BCUT2D eigenvalue weighted by Gasteiger charge is 2.49. The van der Waals surface area contributed by atoms with Gasteiger partial charge in [-0.25, -0.2) is 18.5 Å². The third kappa shape index (κ3) is 10.1. The standard InChI is InChI=1S/C15H29N2O14P3S/c1-2-3-4-5-8-35-11-6-7-17(15(20)16-11)14-13(19)12(18)10(29-14)9-28-33(24,25)31-34(26,27)30-32(21,22)23/h6-7,10-14,18-19H,2-5,8-9H2,1H3,(H,16,20)(H,24,25)(H,26,27)(H2,21,22,23)/t10-,11?,12?,13+,14-/m1/s1. The molecule has 0 aromatic carbocycles. The van der Waals surface area contributed by atoms with Gasteiger partial charge in [-0.3, -0.25) is 9.42 Å². The molecule has 2 heterocycles. The van der Waals surface area contributed by atoms with E-state index in [9.17, 15) is 33.6 Å². The van der Waals surface area contributed by atoms with E-state index in [0.29, 0.717) is 0 Å². The topological polar surface area (TPSA) is 242 Å². The predicted octanol–water partition coefficient (Wildman–Crippen LogP) is 0.955. The van der Waals surface area contributed by atoms with Gasteiger partial charge in [0.2, 0.25) is 0 Å². The Bertz CT molecular complexity index is 902. The van der Waals surface area contributed by atoms with Crippen LogP contribution in [0.2, 0.25) is 0 Å². The third-order valence-electron chi connectivity index (χ3n) is 4.65. The van der Waals surface area contributed by atoms with Gasteiger partial charge >= 0.3 is 29.5 Å². The number of amides is 2. The van der Waals surface area contributed by atoms with Crippen LogP contribution in [0, 0.1) is 0 Å².